The third-order valence-electron chi connectivity index (χ3n) is 4.05. The molecule has 0 fully saturated rings. The number of para-hydroxylation sites is 1. The highest BCUT2D eigenvalue weighted by molar-refractivity contribution is 5.89. The molecule has 2 rings (SSSR count). The number of amides is 2. The van der Waals surface area contributed by atoms with Crippen molar-refractivity contribution in [2.75, 3.05) is 25.1 Å². The van der Waals surface area contributed by atoms with Crippen LogP contribution in [0.5, 0.6) is 5.75 Å². The Bertz CT molecular complexity index is 707. The first-order chi connectivity index (χ1) is 13.5. The molecule has 3 N–H and O–H groups in total. The minimum Gasteiger partial charge on any atom is -0.491 e. The van der Waals surface area contributed by atoms with Gasteiger partial charge in [0, 0.05) is 12.2 Å². The van der Waals surface area contributed by atoms with Gasteiger partial charge in [0.05, 0.1) is 19.3 Å². The molecule has 0 heterocycles. The van der Waals surface area contributed by atoms with E-state index in [1.807, 2.05) is 61.5 Å². The van der Waals surface area contributed by atoms with Gasteiger partial charge < -0.3 is 25.2 Å². The SMILES string of the molecule is CC(O)CC(C)CNC(=O)Nc1cccc(COCCOc2ccccc2)c1. The molecule has 2 unspecified atom stereocenters. The van der Waals surface area contributed by atoms with Crippen molar-refractivity contribution in [1.29, 1.82) is 0 Å². The van der Waals surface area contributed by atoms with Crippen molar-refractivity contribution in [3.8, 4) is 5.75 Å². The fourth-order valence-electron chi connectivity index (χ4n) is 2.77. The number of anilines is 1. The molecule has 0 aliphatic carbocycles. The second-order valence-corrected chi connectivity index (χ2v) is 6.94. The fraction of sp³-hybridized carbons (Fsp3) is 0.409. The number of benzene rings is 2. The van der Waals surface area contributed by atoms with Gasteiger partial charge in [-0.25, -0.2) is 4.79 Å². The predicted molar refractivity (Wildman–Crippen MR) is 111 cm³/mol. The Morgan fingerprint density at radius 3 is 2.61 bits per heavy atom. The van der Waals surface area contributed by atoms with Gasteiger partial charge in [0.2, 0.25) is 0 Å². The van der Waals surface area contributed by atoms with Crippen molar-refractivity contribution >= 4 is 11.7 Å². The maximum absolute atomic E-state index is 12.0. The van der Waals surface area contributed by atoms with Crippen LogP contribution < -0.4 is 15.4 Å². The Hall–Kier alpha value is -2.57. The lowest BCUT2D eigenvalue weighted by molar-refractivity contribution is 0.0889. The number of carbonyl (C=O) groups excluding carboxylic acids is 1. The van der Waals surface area contributed by atoms with Crippen LogP contribution >= 0.6 is 0 Å². The van der Waals surface area contributed by atoms with Crippen molar-refractivity contribution in [2.45, 2.75) is 33.0 Å². The number of ether oxygens (including phenoxy) is 2. The van der Waals surface area contributed by atoms with Crippen molar-refractivity contribution < 1.29 is 19.4 Å². The highest BCUT2D eigenvalue weighted by Gasteiger charge is 2.08. The summed E-state index contributed by atoms with van der Waals surface area (Å²) >= 11 is 0. The molecule has 0 aromatic heterocycles. The lowest BCUT2D eigenvalue weighted by atomic mass is 10.1. The summed E-state index contributed by atoms with van der Waals surface area (Å²) in [5.74, 6) is 1.04. The van der Waals surface area contributed by atoms with E-state index in [1.165, 1.54) is 0 Å². The monoisotopic (exact) mass is 386 g/mol. The minimum absolute atomic E-state index is 0.212. The lowest BCUT2D eigenvalue weighted by Gasteiger charge is -2.15. The van der Waals surface area contributed by atoms with E-state index in [9.17, 15) is 9.90 Å². The summed E-state index contributed by atoms with van der Waals surface area (Å²) in [6.45, 7) is 5.66. The molecular weight excluding hydrogens is 356 g/mol. The van der Waals surface area contributed by atoms with Crippen LogP contribution in [0.15, 0.2) is 54.6 Å². The number of hydrogen-bond acceptors (Lipinski definition) is 4. The van der Waals surface area contributed by atoms with E-state index in [1.54, 1.807) is 6.92 Å². The maximum Gasteiger partial charge on any atom is 0.319 e. The zero-order valence-corrected chi connectivity index (χ0v) is 16.6. The quantitative estimate of drug-likeness (QED) is 0.513. The molecule has 0 aliphatic heterocycles. The molecule has 28 heavy (non-hydrogen) atoms. The molecule has 0 radical (unpaired) electrons. The summed E-state index contributed by atoms with van der Waals surface area (Å²) in [4.78, 5) is 12.0. The van der Waals surface area contributed by atoms with Crippen LogP contribution in [0.25, 0.3) is 0 Å². The molecule has 2 amide bonds. The van der Waals surface area contributed by atoms with Crippen LogP contribution in [0.4, 0.5) is 10.5 Å². The molecule has 0 saturated carbocycles. The van der Waals surface area contributed by atoms with Crippen molar-refractivity contribution in [2.24, 2.45) is 5.92 Å². The first-order valence-electron chi connectivity index (χ1n) is 9.60. The average Bonchev–Trinajstić information content (AvgIpc) is 2.67. The van der Waals surface area contributed by atoms with Gasteiger partial charge in [0.25, 0.3) is 0 Å². The number of urea groups is 1. The van der Waals surface area contributed by atoms with Crippen LogP contribution in [0.1, 0.15) is 25.8 Å². The summed E-state index contributed by atoms with van der Waals surface area (Å²) in [5.41, 5.74) is 1.68. The zero-order chi connectivity index (χ0) is 20.2. The number of aliphatic hydroxyl groups excluding tert-OH is 1. The summed E-state index contributed by atoms with van der Waals surface area (Å²) in [6, 6.07) is 16.9. The Balaban J connectivity index is 1.67. The van der Waals surface area contributed by atoms with E-state index in [4.69, 9.17) is 9.47 Å². The van der Waals surface area contributed by atoms with Crippen LogP contribution in [0.3, 0.4) is 0 Å². The molecule has 6 nitrogen and oxygen atoms in total. The van der Waals surface area contributed by atoms with E-state index >= 15 is 0 Å². The van der Waals surface area contributed by atoms with E-state index in [0.29, 0.717) is 38.5 Å². The molecule has 0 bridgehead atoms. The van der Waals surface area contributed by atoms with Crippen molar-refractivity contribution in [1.82, 2.24) is 5.32 Å². The van der Waals surface area contributed by atoms with Gasteiger partial charge in [-0.15, -0.1) is 0 Å². The first-order valence-corrected chi connectivity index (χ1v) is 9.60. The molecule has 2 aromatic carbocycles. The molecule has 152 valence electrons. The summed E-state index contributed by atoms with van der Waals surface area (Å²) in [7, 11) is 0. The highest BCUT2D eigenvalue weighted by Crippen LogP contribution is 2.12. The van der Waals surface area contributed by atoms with Crippen molar-refractivity contribution in [3.63, 3.8) is 0 Å². The Morgan fingerprint density at radius 1 is 1.07 bits per heavy atom. The average molecular weight is 386 g/mol. The number of rotatable bonds is 11. The number of carbonyl (C=O) groups is 1. The second kappa shape index (κ2) is 12.0. The van der Waals surface area contributed by atoms with E-state index < -0.39 is 0 Å². The summed E-state index contributed by atoms with van der Waals surface area (Å²) in [5, 5.41) is 15.0. The summed E-state index contributed by atoms with van der Waals surface area (Å²) < 4.78 is 11.2. The van der Waals surface area contributed by atoms with Gasteiger partial charge in [0.15, 0.2) is 0 Å². The molecule has 0 spiro atoms. The van der Waals surface area contributed by atoms with Gasteiger partial charge in [0.1, 0.15) is 12.4 Å². The van der Waals surface area contributed by atoms with E-state index in [0.717, 1.165) is 11.3 Å². The molecule has 6 heteroatoms. The lowest BCUT2D eigenvalue weighted by Crippen LogP contribution is -2.33. The maximum atomic E-state index is 12.0. The normalized spacial score (nSPS) is 12.8. The molecule has 0 aliphatic rings. The smallest absolute Gasteiger partial charge is 0.319 e. The van der Waals surface area contributed by atoms with Gasteiger partial charge in [-0.05, 0) is 49.1 Å². The van der Waals surface area contributed by atoms with Gasteiger partial charge >= 0.3 is 6.03 Å². The minimum atomic E-state index is -0.366. The standard InChI is InChI=1S/C22H30N2O4/c1-17(13-18(2)25)15-23-22(26)24-20-8-6-7-19(14-20)16-27-11-12-28-21-9-4-3-5-10-21/h3-10,14,17-18,25H,11-13,15-16H2,1-2H3,(H2,23,24,26). The van der Waals surface area contributed by atoms with Crippen molar-refractivity contribution in [3.05, 3.63) is 60.2 Å². The van der Waals surface area contributed by atoms with Gasteiger partial charge in [-0.2, -0.15) is 0 Å². The first kappa shape index (κ1) is 21.7. The third kappa shape index (κ3) is 8.88. The Labute approximate surface area is 166 Å². The topological polar surface area (TPSA) is 79.8 Å². The second-order valence-electron chi connectivity index (χ2n) is 6.94. The van der Waals surface area contributed by atoms with E-state index in [-0.39, 0.29) is 18.1 Å². The third-order valence-corrected chi connectivity index (χ3v) is 4.05. The molecule has 2 aromatic rings. The zero-order valence-electron chi connectivity index (χ0n) is 16.6. The van der Waals surface area contributed by atoms with Crippen LogP contribution in [-0.4, -0.2) is 37.0 Å². The van der Waals surface area contributed by atoms with Crippen LogP contribution in [0, 0.1) is 5.92 Å². The van der Waals surface area contributed by atoms with Gasteiger partial charge in [-0.1, -0.05) is 37.3 Å². The summed E-state index contributed by atoms with van der Waals surface area (Å²) in [6.07, 6.45) is 0.288. The van der Waals surface area contributed by atoms with Gasteiger partial charge in [-0.3, -0.25) is 0 Å². The van der Waals surface area contributed by atoms with Crippen LogP contribution in [-0.2, 0) is 11.3 Å². The highest BCUT2D eigenvalue weighted by atomic mass is 16.5. The van der Waals surface area contributed by atoms with E-state index in [2.05, 4.69) is 10.6 Å². The molecular formula is C22H30N2O4. The fourth-order valence-corrected chi connectivity index (χ4v) is 2.77. The Morgan fingerprint density at radius 2 is 1.86 bits per heavy atom. The molecule has 0 saturated heterocycles. The Kier molecular flexibility index (Phi) is 9.31. The predicted octanol–water partition coefficient (Wildman–Crippen LogP) is 3.81. The van der Waals surface area contributed by atoms with Crippen LogP contribution in [0.2, 0.25) is 0 Å². The largest absolute Gasteiger partial charge is 0.491 e. The number of nitrogens with one attached hydrogen (secondary N) is 2. The number of hydrogen-bond donors (Lipinski definition) is 3. The molecule has 2 atom stereocenters. The number of aliphatic hydroxyl groups is 1.